The fraction of sp³-hybridized carbons (Fsp3) is 0.615. The van der Waals surface area contributed by atoms with Gasteiger partial charge in [-0.2, -0.15) is 0 Å². The van der Waals surface area contributed by atoms with E-state index in [2.05, 4.69) is 34.7 Å². The van der Waals surface area contributed by atoms with Crippen molar-refractivity contribution in [3.63, 3.8) is 0 Å². The van der Waals surface area contributed by atoms with Crippen LogP contribution in [0.5, 0.6) is 0 Å². The van der Waals surface area contributed by atoms with E-state index in [-0.39, 0.29) is 0 Å². The van der Waals surface area contributed by atoms with Gasteiger partial charge in [0.05, 0.1) is 0 Å². The highest BCUT2D eigenvalue weighted by molar-refractivity contribution is 5.35. The van der Waals surface area contributed by atoms with E-state index < -0.39 is 0 Å². The quantitative estimate of drug-likeness (QED) is 0.662. The predicted molar refractivity (Wildman–Crippen MR) is 69.9 cm³/mol. The van der Waals surface area contributed by atoms with Crippen molar-refractivity contribution in [1.29, 1.82) is 0 Å². The fourth-order valence-corrected chi connectivity index (χ4v) is 1.59. The van der Waals surface area contributed by atoms with Crippen LogP contribution in [0, 0.1) is 0 Å². The Labute approximate surface area is 98.7 Å². The largest absolute Gasteiger partial charge is 0.370 e. The number of aryl methyl sites for hydroxylation is 1. The highest BCUT2D eigenvalue weighted by Crippen LogP contribution is 2.05. The van der Waals surface area contributed by atoms with Crippen LogP contribution >= 0.6 is 0 Å². The number of hydrogen-bond donors (Lipinski definition) is 2. The minimum absolute atomic E-state index is 0.998. The lowest BCUT2D eigenvalue weighted by atomic mass is 10.2. The first-order chi connectivity index (χ1) is 7.86. The molecule has 0 amide bonds. The molecule has 0 spiro atoms. The van der Waals surface area contributed by atoms with Gasteiger partial charge in [-0.05, 0) is 45.0 Å². The van der Waals surface area contributed by atoms with Gasteiger partial charge < -0.3 is 10.6 Å². The van der Waals surface area contributed by atoms with Crippen molar-refractivity contribution in [2.75, 3.05) is 25.5 Å². The smallest absolute Gasteiger partial charge is 0.126 e. The van der Waals surface area contributed by atoms with Crippen molar-refractivity contribution < 1.29 is 0 Å². The molecule has 2 N–H and O–H groups in total. The van der Waals surface area contributed by atoms with Crippen LogP contribution in [0.15, 0.2) is 18.2 Å². The van der Waals surface area contributed by atoms with Crippen molar-refractivity contribution in [1.82, 2.24) is 10.3 Å². The summed E-state index contributed by atoms with van der Waals surface area (Å²) in [5, 5.41) is 6.52. The highest BCUT2D eigenvalue weighted by atomic mass is 15.0. The lowest BCUT2D eigenvalue weighted by Crippen LogP contribution is -2.09. The van der Waals surface area contributed by atoms with Gasteiger partial charge in [0.15, 0.2) is 0 Å². The van der Waals surface area contributed by atoms with Crippen LogP contribution in [0.4, 0.5) is 5.82 Å². The number of nitrogens with one attached hydrogen (secondary N) is 2. The van der Waals surface area contributed by atoms with Gasteiger partial charge in [-0.1, -0.05) is 19.4 Å². The van der Waals surface area contributed by atoms with Crippen LogP contribution in [-0.4, -0.2) is 25.1 Å². The van der Waals surface area contributed by atoms with Gasteiger partial charge in [-0.15, -0.1) is 0 Å². The number of nitrogens with zero attached hydrogens (tertiary/aromatic N) is 1. The molecule has 3 heteroatoms. The molecular weight excluding hydrogens is 198 g/mol. The summed E-state index contributed by atoms with van der Waals surface area (Å²) >= 11 is 0. The van der Waals surface area contributed by atoms with E-state index in [1.54, 1.807) is 0 Å². The Hall–Kier alpha value is -1.09. The van der Waals surface area contributed by atoms with Crippen LogP contribution in [0.3, 0.4) is 0 Å². The number of rotatable bonds is 8. The second-order valence-electron chi connectivity index (χ2n) is 3.96. The summed E-state index contributed by atoms with van der Waals surface area (Å²) in [5.41, 5.74) is 1.15. The third kappa shape index (κ3) is 5.12. The van der Waals surface area contributed by atoms with E-state index in [0.29, 0.717) is 0 Å². The maximum absolute atomic E-state index is 4.50. The molecule has 0 fully saturated rings. The molecule has 0 aliphatic heterocycles. The number of pyridine rings is 1. The molecule has 3 nitrogen and oxygen atoms in total. The molecule has 0 aromatic carbocycles. The molecular formula is C13H23N3. The molecule has 0 radical (unpaired) electrons. The molecule has 0 saturated carbocycles. The zero-order valence-corrected chi connectivity index (χ0v) is 10.4. The van der Waals surface area contributed by atoms with Gasteiger partial charge in [0.1, 0.15) is 5.82 Å². The van der Waals surface area contributed by atoms with E-state index >= 15 is 0 Å². The monoisotopic (exact) mass is 221 g/mol. The van der Waals surface area contributed by atoms with Crippen LogP contribution in [0.25, 0.3) is 0 Å². The summed E-state index contributed by atoms with van der Waals surface area (Å²) in [5.74, 6) is 1.01. The van der Waals surface area contributed by atoms with E-state index in [9.17, 15) is 0 Å². The second-order valence-corrected chi connectivity index (χ2v) is 3.96. The molecule has 1 heterocycles. The summed E-state index contributed by atoms with van der Waals surface area (Å²) in [6.07, 6.45) is 4.72. The molecule has 0 aliphatic rings. The van der Waals surface area contributed by atoms with Gasteiger partial charge in [-0.3, -0.25) is 0 Å². The van der Waals surface area contributed by atoms with E-state index in [0.717, 1.165) is 31.0 Å². The molecule has 0 bridgehead atoms. The maximum atomic E-state index is 4.50. The Bertz CT molecular complexity index is 286. The molecule has 1 aromatic rings. The second kappa shape index (κ2) is 8.11. The molecule has 1 aromatic heterocycles. The minimum Gasteiger partial charge on any atom is -0.370 e. The molecule has 1 rings (SSSR count). The predicted octanol–water partition coefficient (Wildman–Crippen LogP) is 2.45. The fourth-order valence-electron chi connectivity index (χ4n) is 1.59. The number of aromatic nitrogens is 1. The van der Waals surface area contributed by atoms with Crippen molar-refractivity contribution in [2.45, 2.75) is 32.6 Å². The maximum Gasteiger partial charge on any atom is 0.126 e. The van der Waals surface area contributed by atoms with E-state index in [1.165, 1.54) is 19.3 Å². The van der Waals surface area contributed by atoms with E-state index in [1.807, 2.05) is 13.1 Å². The van der Waals surface area contributed by atoms with Crippen molar-refractivity contribution in [3.8, 4) is 0 Å². The average molecular weight is 221 g/mol. The molecule has 16 heavy (non-hydrogen) atoms. The Morgan fingerprint density at radius 2 is 1.94 bits per heavy atom. The van der Waals surface area contributed by atoms with Crippen LogP contribution in [-0.2, 0) is 6.42 Å². The third-order valence-electron chi connectivity index (χ3n) is 2.58. The standard InChI is InChI=1S/C13H23N3/c1-3-12-8-7-9-13(16-12)15-11-6-4-5-10-14-2/h7-9,14H,3-6,10-11H2,1-2H3,(H,15,16). The number of unbranched alkanes of at least 4 members (excludes halogenated alkanes) is 2. The molecule has 0 aliphatic carbocycles. The normalized spacial score (nSPS) is 10.4. The first kappa shape index (κ1) is 13.0. The van der Waals surface area contributed by atoms with Gasteiger partial charge in [0.2, 0.25) is 0 Å². The van der Waals surface area contributed by atoms with E-state index in [4.69, 9.17) is 0 Å². The zero-order chi connectivity index (χ0) is 11.6. The Kier molecular flexibility index (Phi) is 6.58. The molecule has 90 valence electrons. The Balaban J connectivity index is 2.16. The first-order valence-electron chi connectivity index (χ1n) is 6.21. The van der Waals surface area contributed by atoms with Gasteiger partial charge >= 0.3 is 0 Å². The highest BCUT2D eigenvalue weighted by Gasteiger charge is 1.95. The summed E-state index contributed by atoms with van der Waals surface area (Å²) in [7, 11) is 2.00. The van der Waals surface area contributed by atoms with Crippen molar-refractivity contribution in [3.05, 3.63) is 23.9 Å². The van der Waals surface area contributed by atoms with Gasteiger partial charge in [-0.25, -0.2) is 4.98 Å². The van der Waals surface area contributed by atoms with Crippen LogP contribution in [0.1, 0.15) is 31.9 Å². The Morgan fingerprint density at radius 3 is 2.69 bits per heavy atom. The number of anilines is 1. The summed E-state index contributed by atoms with van der Waals surface area (Å²) < 4.78 is 0. The lowest BCUT2D eigenvalue weighted by Gasteiger charge is -2.06. The average Bonchev–Trinajstić information content (AvgIpc) is 2.34. The van der Waals surface area contributed by atoms with Gasteiger partial charge in [0, 0.05) is 12.2 Å². The molecule has 0 atom stereocenters. The molecule has 0 saturated heterocycles. The topological polar surface area (TPSA) is 37.0 Å². The van der Waals surface area contributed by atoms with Gasteiger partial charge in [0.25, 0.3) is 0 Å². The summed E-state index contributed by atoms with van der Waals surface area (Å²) in [4.78, 5) is 4.50. The number of hydrogen-bond acceptors (Lipinski definition) is 3. The Morgan fingerprint density at radius 1 is 1.12 bits per heavy atom. The summed E-state index contributed by atoms with van der Waals surface area (Å²) in [6, 6.07) is 6.17. The van der Waals surface area contributed by atoms with Crippen LogP contribution in [0.2, 0.25) is 0 Å². The van der Waals surface area contributed by atoms with Crippen LogP contribution < -0.4 is 10.6 Å². The molecule has 0 unspecified atom stereocenters. The van der Waals surface area contributed by atoms with Crippen molar-refractivity contribution in [2.24, 2.45) is 0 Å². The lowest BCUT2D eigenvalue weighted by molar-refractivity contribution is 0.655. The summed E-state index contributed by atoms with van der Waals surface area (Å²) in [6.45, 7) is 4.26. The SMILES string of the molecule is CCc1cccc(NCCCCCNC)n1. The minimum atomic E-state index is 0.998. The van der Waals surface area contributed by atoms with Crippen molar-refractivity contribution >= 4 is 5.82 Å². The zero-order valence-electron chi connectivity index (χ0n) is 10.4. The third-order valence-corrected chi connectivity index (χ3v) is 2.58. The first-order valence-corrected chi connectivity index (χ1v) is 6.21.